The Labute approximate surface area is 527 Å². The number of nitrogens with zero attached hydrogens (tertiary/aromatic N) is 5. The lowest BCUT2D eigenvalue weighted by Gasteiger charge is -2.34. The van der Waals surface area contributed by atoms with Gasteiger partial charge in [0.2, 0.25) is 20.1 Å². The highest BCUT2D eigenvalue weighted by molar-refractivity contribution is 6.71. The van der Waals surface area contributed by atoms with Crippen molar-refractivity contribution in [2.24, 2.45) is 5.41 Å². The Morgan fingerprint density at radius 3 is 1.11 bits per heavy atom. The van der Waals surface area contributed by atoms with Crippen molar-refractivity contribution in [1.82, 2.24) is 24.5 Å². The first-order valence-corrected chi connectivity index (χ1v) is 33.4. The third-order valence-electron chi connectivity index (χ3n) is 13.6. The van der Waals surface area contributed by atoms with E-state index in [4.69, 9.17) is 35.0 Å². The van der Waals surface area contributed by atoms with Crippen LogP contribution in [-0.2, 0) is 66.6 Å². The van der Waals surface area contributed by atoms with Gasteiger partial charge in [0.15, 0.2) is 0 Å². The van der Waals surface area contributed by atoms with Gasteiger partial charge in [-0.3, -0.25) is 29.1 Å². The van der Waals surface area contributed by atoms with Gasteiger partial charge in [-0.05, 0) is 137 Å². The number of benzene rings is 3. The van der Waals surface area contributed by atoms with Gasteiger partial charge in [-0.2, -0.15) is 0 Å². The van der Waals surface area contributed by atoms with Crippen LogP contribution in [0.1, 0.15) is 132 Å². The fraction of sp³-hybridized carbons (Fsp3) is 0.585. The van der Waals surface area contributed by atoms with Gasteiger partial charge in [0, 0.05) is 65.1 Å². The van der Waals surface area contributed by atoms with E-state index in [9.17, 15) is 53.4 Å². The summed E-state index contributed by atoms with van der Waals surface area (Å²) in [4.78, 5) is 117. The highest BCUT2D eigenvalue weighted by Crippen LogP contribution is 2.27. The number of carbonyl (C=O) groups is 9. The molecule has 0 radical (unpaired) electrons. The SMILES string of the molecule is CC(OC(=O)Cl)C(C)(C)C.CN(C(=O)OC(C)(C)C)[C@@H](Cc1ccccc1)C(=O)N1CCC[C@H]1C(=O)O.CN(C(=O)OC(C)(C)C)[C@@H](Cc1ccccc1)C(=O)N1CCC[C@H]1C(=O)O[Si](C)(C)C.CN(C(=O)OC(C)(C)C)[C@@H](Cc1ccccc1)C(=O)O. The van der Waals surface area contributed by atoms with Crippen molar-refractivity contribution in [3.63, 3.8) is 0 Å². The molecule has 0 aromatic heterocycles. The molecule has 2 heterocycles. The van der Waals surface area contributed by atoms with Crippen molar-refractivity contribution in [3.05, 3.63) is 108 Å². The molecular formula is C65H98ClN5O16Si. The van der Waals surface area contributed by atoms with Crippen LogP contribution in [0.2, 0.25) is 19.6 Å². The van der Waals surface area contributed by atoms with Crippen LogP contribution in [0.3, 0.4) is 0 Å². The average molecular weight is 1270 g/mol. The zero-order chi connectivity index (χ0) is 67.3. The summed E-state index contributed by atoms with van der Waals surface area (Å²) < 4.78 is 26.5. The maximum atomic E-state index is 13.6. The van der Waals surface area contributed by atoms with E-state index in [1.165, 1.54) is 28.8 Å². The molecule has 3 aromatic carbocycles. The van der Waals surface area contributed by atoms with Crippen LogP contribution >= 0.6 is 11.6 Å². The average Bonchev–Trinajstić information content (AvgIpc) is 4.18. The predicted molar refractivity (Wildman–Crippen MR) is 339 cm³/mol. The number of ether oxygens (including phenoxy) is 4. The van der Waals surface area contributed by atoms with E-state index in [1.807, 2.05) is 138 Å². The van der Waals surface area contributed by atoms with Gasteiger partial charge in [0.05, 0.1) is 0 Å². The summed E-state index contributed by atoms with van der Waals surface area (Å²) in [5, 5.41) is 18.7. The van der Waals surface area contributed by atoms with Gasteiger partial charge < -0.3 is 43.4 Å². The van der Waals surface area contributed by atoms with Crippen LogP contribution in [0.4, 0.5) is 19.2 Å². The van der Waals surface area contributed by atoms with Crippen LogP contribution in [0.5, 0.6) is 0 Å². The number of amides is 5. The topological polar surface area (TPSA) is 256 Å². The number of rotatable bonds is 16. The molecular weight excluding hydrogens is 1170 g/mol. The molecule has 2 aliphatic heterocycles. The summed E-state index contributed by atoms with van der Waals surface area (Å²) in [6, 6.07) is 24.1. The maximum Gasteiger partial charge on any atom is 0.410 e. The molecule has 5 rings (SSSR count). The minimum atomic E-state index is -2.08. The lowest BCUT2D eigenvalue weighted by Crippen LogP contribution is -2.54. The second-order valence-corrected chi connectivity index (χ2v) is 31.6. The summed E-state index contributed by atoms with van der Waals surface area (Å²) >= 11 is 5.02. The highest BCUT2D eigenvalue weighted by atomic mass is 35.5. The molecule has 5 amide bonds. The van der Waals surface area contributed by atoms with E-state index in [1.54, 1.807) is 74.3 Å². The van der Waals surface area contributed by atoms with Crippen molar-refractivity contribution in [2.75, 3.05) is 34.2 Å². The van der Waals surface area contributed by atoms with Gasteiger partial charge >= 0.3 is 41.6 Å². The van der Waals surface area contributed by atoms with Crippen LogP contribution in [0.15, 0.2) is 91.0 Å². The van der Waals surface area contributed by atoms with Crippen LogP contribution in [0.25, 0.3) is 0 Å². The molecule has 2 fully saturated rings. The highest BCUT2D eigenvalue weighted by Gasteiger charge is 2.43. The second kappa shape index (κ2) is 34.0. The number of hydrogen-bond acceptors (Lipinski definition) is 14. The first kappa shape index (κ1) is 76.9. The zero-order valence-corrected chi connectivity index (χ0v) is 57.0. The van der Waals surface area contributed by atoms with Gasteiger partial charge in [-0.25, -0.2) is 28.8 Å². The second-order valence-electron chi connectivity index (χ2n) is 26.8. The molecule has 1 unspecified atom stereocenters. The molecule has 23 heteroatoms. The summed E-state index contributed by atoms with van der Waals surface area (Å²) in [5.74, 6) is -3.03. The largest absolute Gasteiger partial charge is 0.518 e. The Bertz CT molecular complexity index is 2760. The number of aliphatic carboxylic acids is 2. The van der Waals surface area contributed by atoms with Crippen molar-refractivity contribution >= 4 is 73.3 Å². The molecule has 2 N–H and O–H groups in total. The molecule has 2 saturated heterocycles. The predicted octanol–water partition coefficient (Wildman–Crippen LogP) is 11.7. The Morgan fingerprint density at radius 2 is 0.841 bits per heavy atom. The molecule has 2 aliphatic rings. The molecule has 0 saturated carbocycles. The fourth-order valence-corrected chi connectivity index (χ4v) is 9.57. The smallest absolute Gasteiger partial charge is 0.410 e. The Hall–Kier alpha value is -7.20. The minimum absolute atomic E-state index is 0.0372. The van der Waals surface area contributed by atoms with E-state index in [0.29, 0.717) is 38.8 Å². The van der Waals surface area contributed by atoms with E-state index in [2.05, 4.69) is 0 Å². The third kappa shape index (κ3) is 27.9. The quantitative estimate of drug-likeness (QED) is 0.0767. The molecule has 3 aromatic rings. The first-order chi connectivity index (χ1) is 40.4. The van der Waals surface area contributed by atoms with Crippen molar-refractivity contribution in [3.8, 4) is 0 Å². The van der Waals surface area contributed by atoms with Gasteiger partial charge in [-0.1, -0.05) is 112 Å². The lowest BCUT2D eigenvalue weighted by molar-refractivity contribution is -0.150. The molecule has 490 valence electrons. The van der Waals surface area contributed by atoms with E-state index < -0.39 is 91.0 Å². The number of carboxylic acids is 2. The standard InChI is InChI=1S/C23H36N2O5Si.C20H28N2O5.C15H21NO4.C7H13ClO2/c1-23(2,3)29-22(28)24(4)19(16-17-12-9-8-10-13-17)20(26)25-15-11-14-18(25)21(27)30-31(5,6)7;1-20(2,3)27-19(26)21(4)16(13-14-9-6-5-7-10-14)17(23)22-12-8-11-15(22)18(24)25;1-15(2,3)20-14(19)16(4)12(13(17)18)10-11-8-6-5-7-9-11;1-5(7(2,3)4)10-6(8)9/h8-10,12-13,18-19H,11,14-16H2,1-7H3;5-7,9-10,15-16H,8,11-13H2,1-4H3,(H,24,25);5-9,12H,10H2,1-4H3,(H,17,18);5H,1-4H3/t18-,19-;15-,16-;12-;/m000./s1. The molecule has 88 heavy (non-hydrogen) atoms. The van der Waals surface area contributed by atoms with Crippen molar-refractivity contribution < 1.29 is 76.7 Å². The Morgan fingerprint density at radius 1 is 0.534 bits per heavy atom. The summed E-state index contributed by atoms with van der Waals surface area (Å²) in [6.07, 6.45) is 1.27. The first-order valence-electron chi connectivity index (χ1n) is 29.6. The van der Waals surface area contributed by atoms with E-state index >= 15 is 0 Å². The van der Waals surface area contributed by atoms with Crippen molar-refractivity contribution in [1.29, 1.82) is 0 Å². The number of carboxylic acid groups (broad SMARTS) is 2. The fourth-order valence-electron chi connectivity index (χ4n) is 8.70. The molecule has 0 spiro atoms. The number of likely N-dealkylation sites (N-methyl/N-ethyl adjacent to an activating group) is 3. The lowest BCUT2D eigenvalue weighted by atomic mass is 9.90. The van der Waals surface area contributed by atoms with E-state index in [0.717, 1.165) is 28.0 Å². The summed E-state index contributed by atoms with van der Waals surface area (Å²) in [6.45, 7) is 30.3. The molecule has 0 bridgehead atoms. The van der Waals surface area contributed by atoms with Gasteiger partial charge in [0.1, 0.15) is 53.1 Å². The third-order valence-corrected chi connectivity index (χ3v) is 14.5. The van der Waals surface area contributed by atoms with Gasteiger partial charge in [0.25, 0.3) is 0 Å². The van der Waals surface area contributed by atoms with Crippen molar-refractivity contribution in [2.45, 2.75) is 208 Å². The molecule has 6 atom stereocenters. The van der Waals surface area contributed by atoms with Crippen LogP contribution in [0, 0.1) is 5.41 Å². The number of halogens is 1. The minimum Gasteiger partial charge on any atom is -0.518 e. The number of carbonyl (C=O) groups excluding carboxylic acids is 7. The van der Waals surface area contributed by atoms with Gasteiger partial charge in [-0.15, -0.1) is 0 Å². The zero-order valence-electron chi connectivity index (χ0n) is 55.2. The summed E-state index contributed by atoms with van der Waals surface area (Å²) in [5.41, 5.74) is -0.121. The maximum absolute atomic E-state index is 13.6. The molecule has 21 nitrogen and oxygen atoms in total. The molecule has 0 aliphatic carbocycles. The monoisotopic (exact) mass is 1270 g/mol. The Balaban J connectivity index is 0.000000424. The number of likely N-dealkylation sites (tertiary alicyclic amines) is 2. The Kier molecular flexibility index (Phi) is 29.7. The van der Waals surface area contributed by atoms with Crippen LogP contribution in [-0.4, -0.2) is 184 Å². The summed E-state index contributed by atoms with van der Waals surface area (Å²) in [7, 11) is 2.46. The van der Waals surface area contributed by atoms with Crippen LogP contribution < -0.4 is 0 Å². The number of hydrogen-bond donors (Lipinski definition) is 2. The van der Waals surface area contributed by atoms with E-state index in [-0.39, 0.29) is 42.1 Å². The normalized spacial score (nSPS) is 16.3.